The molecule has 1 aliphatic carbocycles. The molecule has 4 heteroatoms. The molecule has 0 saturated carbocycles. The first-order chi connectivity index (χ1) is 10.1. The summed E-state index contributed by atoms with van der Waals surface area (Å²) in [5.74, 6) is -0.459. The number of carbonyl (C=O) groups excluding carboxylic acids is 1. The maximum absolute atomic E-state index is 13.6. The van der Waals surface area contributed by atoms with E-state index >= 15 is 0 Å². The van der Waals surface area contributed by atoms with Crippen LogP contribution in [0.5, 0.6) is 0 Å². The van der Waals surface area contributed by atoms with E-state index in [2.05, 4.69) is 10.3 Å². The Bertz CT molecular complexity index is 709. The van der Waals surface area contributed by atoms with Gasteiger partial charge in [0.15, 0.2) is 0 Å². The van der Waals surface area contributed by atoms with Crippen molar-refractivity contribution in [2.75, 3.05) is 0 Å². The molecule has 0 atom stereocenters. The molecule has 1 aromatic carbocycles. The predicted molar refractivity (Wildman–Crippen MR) is 80.9 cm³/mol. The summed E-state index contributed by atoms with van der Waals surface area (Å²) >= 11 is 0. The molecule has 3 rings (SSSR count). The number of nitrogens with zero attached hydrogens (tertiary/aromatic N) is 1. The van der Waals surface area contributed by atoms with Gasteiger partial charge < -0.3 is 5.32 Å². The summed E-state index contributed by atoms with van der Waals surface area (Å²) in [7, 11) is 0. The number of aromatic nitrogens is 1. The van der Waals surface area contributed by atoms with Gasteiger partial charge in [-0.1, -0.05) is 0 Å². The fourth-order valence-corrected chi connectivity index (χ4v) is 2.99. The first kappa shape index (κ1) is 14.0. The highest BCUT2D eigenvalue weighted by Gasteiger charge is 2.23. The zero-order valence-corrected chi connectivity index (χ0v) is 12.4. The maximum atomic E-state index is 13.6. The number of aryl methyl sites for hydroxylation is 1. The van der Waals surface area contributed by atoms with Gasteiger partial charge >= 0.3 is 0 Å². The van der Waals surface area contributed by atoms with Crippen LogP contribution in [-0.4, -0.2) is 16.9 Å². The summed E-state index contributed by atoms with van der Waals surface area (Å²) in [5.41, 5.74) is 3.31. The molecule has 0 unspecified atom stereocenters. The van der Waals surface area contributed by atoms with Gasteiger partial charge in [0.2, 0.25) is 0 Å². The van der Waals surface area contributed by atoms with Gasteiger partial charge in [0.25, 0.3) is 5.91 Å². The molecule has 0 bridgehead atoms. The number of nitrogens with one attached hydrogen (secondary N) is 1. The zero-order valence-electron chi connectivity index (χ0n) is 12.4. The van der Waals surface area contributed by atoms with Gasteiger partial charge in [-0.05, 0) is 63.3 Å². The Labute approximate surface area is 123 Å². The second kappa shape index (κ2) is 5.43. The molecule has 3 nitrogen and oxygen atoms in total. The van der Waals surface area contributed by atoms with Gasteiger partial charge in [0.05, 0.1) is 11.1 Å². The third kappa shape index (κ3) is 2.62. The molecule has 0 spiro atoms. The minimum absolute atomic E-state index is 0.0496. The lowest BCUT2D eigenvalue weighted by Crippen LogP contribution is -2.32. The molecule has 1 N–H and O–H groups in total. The molecule has 1 heterocycles. The van der Waals surface area contributed by atoms with Crippen molar-refractivity contribution in [3.63, 3.8) is 0 Å². The molecule has 0 radical (unpaired) electrons. The topological polar surface area (TPSA) is 42.0 Å². The van der Waals surface area contributed by atoms with Gasteiger partial charge in [-0.25, -0.2) is 4.39 Å². The van der Waals surface area contributed by atoms with E-state index in [4.69, 9.17) is 0 Å². The van der Waals surface area contributed by atoms with Crippen LogP contribution < -0.4 is 5.32 Å². The van der Waals surface area contributed by atoms with E-state index in [1.807, 2.05) is 13.8 Å². The highest BCUT2D eigenvalue weighted by Crippen LogP contribution is 2.29. The van der Waals surface area contributed by atoms with E-state index in [1.165, 1.54) is 12.1 Å². The smallest absolute Gasteiger partial charge is 0.252 e. The summed E-state index contributed by atoms with van der Waals surface area (Å²) in [6.45, 7) is 3.85. The lowest BCUT2D eigenvalue weighted by atomic mass is 9.89. The van der Waals surface area contributed by atoms with Gasteiger partial charge in [-0.2, -0.15) is 0 Å². The molecule has 0 aliphatic heterocycles. The van der Waals surface area contributed by atoms with E-state index < -0.39 is 0 Å². The summed E-state index contributed by atoms with van der Waals surface area (Å²) < 4.78 is 13.6. The van der Waals surface area contributed by atoms with Crippen molar-refractivity contribution < 1.29 is 9.18 Å². The average molecular weight is 286 g/mol. The first-order valence-electron chi connectivity index (χ1n) is 7.48. The highest BCUT2D eigenvalue weighted by molar-refractivity contribution is 6.07. The molecular weight excluding hydrogens is 267 g/mol. The van der Waals surface area contributed by atoms with Crippen molar-refractivity contribution in [2.24, 2.45) is 0 Å². The van der Waals surface area contributed by atoms with Crippen molar-refractivity contribution in [3.05, 3.63) is 40.8 Å². The lowest BCUT2D eigenvalue weighted by Gasteiger charge is -2.21. The number of rotatable bonds is 2. The normalized spacial score (nSPS) is 14.3. The Kier molecular flexibility index (Phi) is 3.62. The zero-order chi connectivity index (χ0) is 15.0. The van der Waals surface area contributed by atoms with Crippen LogP contribution in [0.3, 0.4) is 0 Å². The van der Waals surface area contributed by atoms with Gasteiger partial charge in [-0.15, -0.1) is 0 Å². The quantitative estimate of drug-likeness (QED) is 0.919. The van der Waals surface area contributed by atoms with Crippen LogP contribution in [0.2, 0.25) is 0 Å². The monoisotopic (exact) mass is 286 g/mol. The molecular formula is C17H19FN2O. The van der Waals surface area contributed by atoms with Crippen LogP contribution in [0.1, 0.15) is 48.3 Å². The summed E-state index contributed by atoms with van der Waals surface area (Å²) in [6, 6.07) is 4.53. The van der Waals surface area contributed by atoms with E-state index in [0.29, 0.717) is 16.5 Å². The summed E-state index contributed by atoms with van der Waals surface area (Å²) in [4.78, 5) is 17.2. The van der Waals surface area contributed by atoms with Crippen molar-refractivity contribution >= 4 is 16.8 Å². The molecule has 21 heavy (non-hydrogen) atoms. The fourth-order valence-electron chi connectivity index (χ4n) is 2.99. The second-order valence-electron chi connectivity index (χ2n) is 5.91. The Morgan fingerprint density at radius 1 is 1.29 bits per heavy atom. The number of benzene rings is 1. The van der Waals surface area contributed by atoms with E-state index in [0.717, 1.165) is 36.9 Å². The first-order valence-corrected chi connectivity index (χ1v) is 7.48. The van der Waals surface area contributed by atoms with Gasteiger partial charge in [-0.3, -0.25) is 9.78 Å². The van der Waals surface area contributed by atoms with Crippen LogP contribution in [0.15, 0.2) is 18.2 Å². The minimum Gasteiger partial charge on any atom is -0.350 e. The molecule has 1 aromatic heterocycles. The Balaban J connectivity index is 2.26. The lowest BCUT2D eigenvalue weighted by molar-refractivity contribution is 0.0943. The summed E-state index contributed by atoms with van der Waals surface area (Å²) in [5, 5.41) is 3.55. The van der Waals surface area contributed by atoms with E-state index in [9.17, 15) is 9.18 Å². The standard InChI is InChI=1S/C17H19FN2O/c1-10(2)19-17(21)16-12-5-3-4-6-14(12)20-15-8-7-11(18)9-13(15)16/h7-10H,3-6H2,1-2H3,(H,19,21). The molecule has 0 fully saturated rings. The number of hydrogen-bond acceptors (Lipinski definition) is 2. The third-order valence-corrected chi connectivity index (χ3v) is 3.87. The summed E-state index contributed by atoms with van der Waals surface area (Å²) in [6.07, 6.45) is 3.88. The van der Waals surface area contributed by atoms with Crippen LogP contribution in [0.25, 0.3) is 10.9 Å². The van der Waals surface area contributed by atoms with Crippen molar-refractivity contribution in [2.45, 2.75) is 45.6 Å². The number of amides is 1. The molecule has 1 amide bonds. The van der Waals surface area contributed by atoms with Crippen LogP contribution in [0.4, 0.5) is 4.39 Å². The van der Waals surface area contributed by atoms with Crippen LogP contribution >= 0.6 is 0 Å². The number of fused-ring (bicyclic) bond motifs is 2. The Hall–Kier alpha value is -1.97. The Morgan fingerprint density at radius 3 is 2.81 bits per heavy atom. The van der Waals surface area contributed by atoms with Crippen LogP contribution in [-0.2, 0) is 12.8 Å². The molecule has 1 aliphatic rings. The van der Waals surface area contributed by atoms with E-state index in [1.54, 1.807) is 6.07 Å². The number of carbonyl (C=O) groups is 1. The third-order valence-electron chi connectivity index (χ3n) is 3.87. The number of hydrogen-bond donors (Lipinski definition) is 1. The largest absolute Gasteiger partial charge is 0.350 e. The molecule has 110 valence electrons. The predicted octanol–water partition coefficient (Wildman–Crippen LogP) is 3.39. The number of pyridine rings is 1. The maximum Gasteiger partial charge on any atom is 0.252 e. The van der Waals surface area contributed by atoms with Crippen molar-refractivity contribution in [3.8, 4) is 0 Å². The number of halogens is 1. The van der Waals surface area contributed by atoms with E-state index in [-0.39, 0.29) is 17.8 Å². The molecule has 0 saturated heterocycles. The fraction of sp³-hybridized carbons (Fsp3) is 0.412. The average Bonchev–Trinajstić information content (AvgIpc) is 2.44. The SMILES string of the molecule is CC(C)NC(=O)c1c2c(nc3ccc(F)cc13)CCCC2. The van der Waals surface area contributed by atoms with Crippen LogP contribution in [0, 0.1) is 5.82 Å². The minimum atomic E-state index is -0.335. The second-order valence-corrected chi connectivity index (χ2v) is 5.91. The Morgan fingerprint density at radius 2 is 2.05 bits per heavy atom. The van der Waals surface area contributed by atoms with Crippen molar-refractivity contribution in [1.29, 1.82) is 0 Å². The highest BCUT2D eigenvalue weighted by atomic mass is 19.1. The van der Waals surface area contributed by atoms with Crippen molar-refractivity contribution in [1.82, 2.24) is 10.3 Å². The molecule has 2 aromatic rings. The van der Waals surface area contributed by atoms with Gasteiger partial charge in [0.1, 0.15) is 5.82 Å². The van der Waals surface area contributed by atoms with Gasteiger partial charge in [0, 0.05) is 17.1 Å².